The molecule has 0 bridgehead atoms. The molecule has 0 amide bonds. The Kier molecular flexibility index (Phi) is 5.72. The van der Waals surface area contributed by atoms with Crippen LogP contribution < -0.4 is 5.32 Å². The molecule has 0 aromatic carbocycles. The highest BCUT2D eigenvalue weighted by molar-refractivity contribution is 5.73. The van der Waals surface area contributed by atoms with Crippen LogP contribution in [0.3, 0.4) is 0 Å². The zero-order valence-electron chi connectivity index (χ0n) is 9.21. The molecule has 0 aliphatic heterocycles. The number of carbonyl (C=O) groups is 1. The molecule has 3 N–H and O–H groups in total. The van der Waals surface area contributed by atoms with Crippen molar-refractivity contribution in [2.24, 2.45) is 11.3 Å². The Morgan fingerprint density at radius 1 is 1.50 bits per heavy atom. The summed E-state index contributed by atoms with van der Waals surface area (Å²) in [6, 6.07) is 0. The predicted octanol–water partition coefficient (Wildman–Crippen LogP) is 0.705. The topological polar surface area (TPSA) is 69.6 Å². The first-order chi connectivity index (χ1) is 6.40. The van der Waals surface area contributed by atoms with Gasteiger partial charge in [-0.3, -0.25) is 4.79 Å². The molecule has 0 spiro atoms. The fourth-order valence-corrected chi connectivity index (χ4v) is 1.03. The van der Waals surface area contributed by atoms with Crippen LogP contribution in [0.2, 0.25) is 0 Å². The lowest BCUT2D eigenvalue weighted by Gasteiger charge is -2.21. The van der Waals surface area contributed by atoms with Crippen molar-refractivity contribution >= 4 is 5.97 Å². The maximum absolute atomic E-state index is 10.7. The molecule has 84 valence electrons. The Bertz CT molecular complexity index is 180. The summed E-state index contributed by atoms with van der Waals surface area (Å²) in [6.45, 7) is 6.80. The second kappa shape index (κ2) is 5.98. The van der Waals surface area contributed by atoms with Crippen molar-refractivity contribution in [1.82, 2.24) is 5.32 Å². The van der Waals surface area contributed by atoms with Gasteiger partial charge in [-0.2, -0.15) is 0 Å². The Morgan fingerprint density at radius 2 is 2.07 bits per heavy atom. The first-order valence-corrected chi connectivity index (χ1v) is 4.95. The smallest absolute Gasteiger partial charge is 0.310 e. The number of aliphatic hydroxyl groups is 1. The predicted molar refractivity (Wildman–Crippen MR) is 55.2 cm³/mol. The van der Waals surface area contributed by atoms with Crippen LogP contribution in [0.5, 0.6) is 0 Å². The molecule has 0 aliphatic rings. The molecule has 0 saturated carbocycles. The molecule has 0 aliphatic carbocycles. The number of aliphatic carboxylic acids is 1. The van der Waals surface area contributed by atoms with Crippen LogP contribution in [0.15, 0.2) is 0 Å². The van der Waals surface area contributed by atoms with Crippen LogP contribution in [0.4, 0.5) is 0 Å². The summed E-state index contributed by atoms with van der Waals surface area (Å²) in [4.78, 5) is 10.7. The number of hydrogen-bond donors (Lipinski definition) is 3. The average molecular weight is 203 g/mol. The van der Waals surface area contributed by atoms with Crippen molar-refractivity contribution in [2.45, 2.75) is 27.2 Å². The molecular formula is C10H21NO3. The quantitative estimate of drug-likeness (QED) is 0.570. The number of rotatable bonds is 7. The van der Waals surface area contributed by atoms with Gasteiger partial charge in [0.2, 0.25) is 0 Å². The fraction of sp³-hybridized carbons (Fsp3) is 0.900. The first kappa shape index (κ1) is 13.4. The highest BCUT2D eigenvalue weighted by Gasteiger charge is 2.26. The van der Waals surface area contributed by atoms with Crippen LogP contribution >= 0.6 is 0 Å². The van der Waals surface area contributed by atoms with E-state index in [0.717, 1.165) is 13.0 Å². The van der Waals surface area contributed by atoms with Gasteiger partial charge in [0, 0.05) is 13.2 Å². The van der Waals surface area contributed by atoms with Gasteiger partial charge < -0.3 is 15.5 Å². The Balaban J connectivity index is 3.68. The molecule has 0 heterocycles. The number of hydrogen-bond acceptors (Lipinski definition) is 3. The Labute approximate surface area is 85.3 Å². The van der Waals surface area contributed by atoms with E-state index in [1.165, 1.54) is 0 Å². The van der Waals surface area contributed by atoms with E-state index in [1.807, 2.05) is 6.92 Å². The summed E-state index contributed by atoms with van der Waals surface area (Å²) in [6.07, 6.45) is 0.750. The summed E-state index contributed by atoms with van der Waals surface area (Å²) in [7, 11) is 0. The molecule has 1 unspecified atom stereocenters. The summed E-state index contributed by atoms with van der Waals surface area (Å²) >= 11 is 0. The maximum atomic E-state index is 10.7. The van der Waals surface area contributed by atoms with Crippen LogP contribution in [-0.4, -0.2) is 35.9 Å². The summed E-state index contributed by atoms with van der Waals surface area (Å²) in [5.74, 6) is -0.413. The van der Waals surface area contributed by atoms with Gasteiger partial charge in [0.25, 0.3) is 0 Å². The van der Waals surface area contributed by atoms with E-state index in [4.69, 9.17) is 10.2 Å². The van der Waals surface area contributed by atoms with Gasteiger partial charge >= 0.3 is 5.97 Å². The van der Waals surface area contributed by atoms with Gasteiger partial charge in [0.1, 0.15) is 0 Å². The third-order valence-corrected chi connectivity index (χ3v) is 2.26. The van der Waals surface area contributed by atoms with Crippen LogP contribution in [0.1, 0.15) is 27.2 Å². The van der Waals surface area contributed by atoms with Gasteiger partial charge in [0.15, 0.2) is 0 Å². The van der Waals surface area contributed by atoms with E-state index in [1.54, 1.807) is 13.8 Å². The molecule has 1 atom stereocenters. The van der Waals surface area contributed by atoms with Gasteiger partial charge in [-0.1, -0.05) is 6.92 Å². The van der Waals surface area contributed by atoms with Crippen molar-refractivity contribution in [2.75, 3.05) is 19.7 Å². The van der Waals surface area contributed by atoms with E-state index in [-0.39, 0.29) is 6.61 Å². The average Bonchev–Trinajstić information content (AvgIpc) is 2.04. The number of nitrogens with one attached hydrogen (secondary N) is 1. The third kappa shape index (κ3) is 5.19. The molecule has 0 aromatic heterocycles. The molecule has 4 nitrogen and oxygen atoms in total. The maximum Gasteiger partial charge on any atom is 0.310 e. The van der Waals surface area contributed by atoms with E-state index in [9.17, 15) is 4.79 Å². The van der Waals surface area contributed by atoms with Crippen molar-refractivity contribution in [3.05, 3.63) is 0 Å². The molecule has 0 radical (unpaired) electrons. The van der Waals surface area contributed by atoms with Gasteiger partial charge in [0.05, 0.1) is 5.41 Å². The minimum atomic E-state index is -0.792. The van der Waals surface area contributed by atoms with Crippen LogP contribution in [0, 0.1) is 11.3 Å². The number of aliphatic hydroxyl groups excluding tert-OH is 1. The van der Waals surface area contributed by atoms with Gasteiger partial charge in [-0.25, -0.2) is 0 Å². The Hall–Kier alpha value is -0.610. The minimum absolute atomic E-state index is 0.186. The van der Waals surface area contributed by atoms with Crippen LogP contribution in [0.25, 0.3) is 0 Å². The van der Waals surface area contributed by atoms with E-state index in [2.05, 4.69) is 5.32 Å². The SMILES string of the molecule is CC(CCO)CNCC(C)(C)C(=O)O. The second-order valence-electron chi connectivity index (χ2n) is 4.44. The van der Waals surface area contributed by atoms with Crippen molar-refractivity contribution < 1.29 is 15.0 Å². The lowest BCUT2D eigenvalue weighted by atomic mass is 9.93. The lowest BCUT2D eigenvalue weighted by Crippen LogP contribution is -2.37. The molecule has 0 saturated heterocycles. The third-order valence-electron chi connectivity index (χ3n) is 2.26. The van der Waals surface area contributed by atoms with Gasteiger partial charge in [-0.15, -0.1) is 0 Å². The fourth-order valence-electron chi connectivity index (χ4n) is 1.03. The molecule has 0 aromatic rings. The molecule has 4 heteroatoms. The zero-order valence-corrected chi connectivity index (χ0v) is 9.21. The standard InChI is InChI=1S/C10H21NO3/c1-8(4-5-12)6-11-7-10(2,3)9(13)14/h8,11-12H,4-7H2,1-3H3,(H,13,14). The van der Waals surface area contributed by atoms with Crippen molar-refractivity contribution in [3.8, 4) is 0 Å². The molecule has 14 heavy (non-hydrogen) atoms. The highest BCUT2D eigenvalue weighted by atomic mass is 16.4. The molecule has 0 rings (SSSR count). The largest absolute Gasteiger partial charge is 0.481 e. The number of carboxylic acid groups (broad SMARTS) is 1. The monoisotopic (exact) mass is 203 g/mol. The summed E-state index contributed by atoms with van der Waals surface area (Å²) in [5.41, 5.74) is -0.723. The highest BCUT2D eigenvalue weighted by Crippen LogP contribution is 2.13. The van der Waals surface area contributed by atoms with Crippen LogP contribution in [-0.2, 0) is 4.79 Å². The van der Waals surface area contributed by atoms with Gasteiger partial charge in [-0.05, 0) is 32.7 Å². The van der Waals surface area contributed by atoms with E-state index in [0.29, 0.717) is 12.5 Å². The first-order valence-electron chi connectivity index (χ1n) is 4.95. The second-order valence-corrected chi connectivity index (χ2v) is 4.44. The number of carboxylic acids is 1. The minimum Gasteiger partial charge on any atom is -0.481 e. The van der Waals surface area contributed by atoms with Crippen molar-refractivity contribution in [3.63, 3.8) is 0 Å². The Morgan fingerprint density at radius 3 is 2.50 bits per heavy atom. The van der Waals surface area contributed by atoms with E-state index >= 15 is 0 Å². The van der Waals surface area contributed by atoms with E-state index < -0.39 is 11.4 Å². The summed E-state index contributed by atoms with van der Waals surface area (Å²) < 4.78 is 0. The molecule has 0 fully saturated rings. The zero-order chi connectivity index (χ0) is 11.2. The lowest BCUT2D eigenvalue weighted by molar-refractivity contribution is -0.146. The normalized spacial score (nSPS) is 14.0. The van der Waals surface area contributed by atoms with Crippen molar-refractivity contribution in [1.29, 1.82) is 0 Å². The summed E-state index contributed by atoms with van der Waals surface area (Å²) in [5, 5.41) is 20.6. The molecular weight excluding hydrogens is 182 g/mol.